The summed E-state index contributed by atoms with van der Waals surface area (Å²) in [7, 11) is 0. The van der Waals surface area contributed by atoms with Crippen LogP contribution in [0.25, 0.3) is 0 Å². The lowest BCUT2D eigenvalue weighted by molar-refractivity contribution is -0.177. The maximum absolute atomic E-state index is 5.90. The van der Waals surface area contributed by atoms with E-state index in [1.807, 2.05) is 0 Å². The van der Waals surface area contributed by atoms with Crippen molar-refractivity contribution in [2.75, 3.05) is 6.61 Å². The molecule has 0 N–H and O–H groups in total. The highest BCUT2D eigenvalue weighted by atomic mass is 27.0. The third kappa shape index (κ3) is 5.92. The molecule has 16 heavy (non-hydrogen) atoms. The molecule has 1 rings (SSSR count). The summed E-state index contributed by atoms with van der Waals surface area (Å²) in [5, 5.41) is 0. The molecule has 1 heterocycles. The average molecular weight is 238 g/mol. The van der Waals surface area contributed by atoms with Crippen molar-refractivity contribution in [1.29, 1.82) is 0 Å². The molecule has 0 spiro atoms. The summed E-state index contributed by atoms with van der Waals surface area (Å²) in [5.74, 6) is 3.20. The van der Waals surface area contributed by atoms with Gasteiger partial charge < -0.3 is 9.47 Å². The smallest absolute Gasteiger partial charge is 0.330 e. The molecule has 0 aliphatic carbocycles. The van der Waals surface area contributed by atoms with Crippen LogP contribution in [-0.2, 0) is 9.47 Å². The second-order valence-electron chi connectivity index (χ2n) is 4.31. The van der Waals surface area contributed by atoms with Crippen LogP contribution in [0.4, 0.5) is 0 Å². The van der Waals surface area contributed by atoms with Crippen LogP contribution in [0.1, 0.15) is 51.9 Å². The minimum absolute atomic E-state index is 0.00268. The van der Waals surface area contributed by atoms with Crippen molar-refractivity contribution in [3.05, 3.63) is 0 Å². The summed E-state index contributed by atoms with van der Waals surface area (Å²) >= 11 is 0.933. The first kappa shape index (κ1) is 14.1. The Labute approximate surface area is 108 Å². The molecular formula is C13H23AlO2. The standard InChI is InChI=1S/C13H21O2.Al.2H/c1-3-5-6-9-12(4-2)15-13-10-7-8-11-14-13;;;/h12-13H,3,5-11H2,1H3;;;. The van der Waals surface area contributed by atoms with Crippen LogP contribution >= 0.6 is 0 Å². The molecule has 0 amide bonds. The van der Waals surface area contributed by atoms with Gasteiger partial charge in [-0.05, 0) is 32.1 Å². The van der Waals surface area contributed by atoms with Crippen molar-refractivity contribution in [1.82, 2.24) is 0 Å². The SMILES string of the molecule is CCCCCC(C#[C][AlH2])OC1CCCCO1. The molecule has 3 heteroatoms. The highest BCUT2D eigenvalue weighted by Crippen LogP contribution is 2.17. The van der Waals surface area contributed by atoms with Gasteiger partial charge in [0.15, 0.2) is 6.29 Å². The second-order valence-corrected chi connectivity index (χ2v) is 4.81. The number of unbranched alkanes of at least 4 members (excludes halogenated alkanes) is 2. The summed E-state index contributed by atoms with van der Waals surface area (Å²) in [6, 6.07) is 0. The van der Waals surface area contributed by atoms with Gasteiger partial charge in [-0.25, -0.2) is 4.78 Å². The molecule has 1 saturated heterocycles. The average Bonchev–Trinajstić information content (AvgIpc) is 2.31. The number of rotatable bonds is 6. The van der Waals surface area contributed by atoms with Gasteiger partial charge in [0.05, 0.1) is 0 Å². The van der Waals surface area contributed by atoms with Crippen LogP contribution in [-0.4, -0.2) is 35.3 Å². The molecule has 2 nitrogen and oxygen atoms in total. The highest BCUT2D eigenvalue weighted by molar-refractivity contribution is 6.22. The lowest BCUT2D eigenvalue weighted by atomic mass is 10.1. The second kappa shape index (κ2) is 9.09. The quantitative estimate of drug-likeness (QED) is 0.401. The summed E-state index contributed by atoms with van der Waals surface area (Å²) in [4.78, 5) is 3.09. The Morgan fingerprint density at radius 1 is 1.44 bits per heavy atom. The lowest BCUT2D eigenvalue weighted by Gasteiger charge is -2.25. The van der Waals surface area contributed by atoms with Crippen LogP contribution < -0.4 is 0 Å². The van der Waals surface area contributed by atoms with Crippen molar-refractivity contribution < 1.29 is 9.47 Å². The van der Waals surface area contributed by atoms with Crippen molar-refractivity contribution >= 4 is 16.3 Å². The van der Waals surface area contributed by atoms with E-state index in [2.05, 4.69) is 17.6 Å². The lowest BCUT2D eigenvalue weighted by Crippen LogP contribution is -2.27. The monoisotopic (exact) mass is 238 g/mol. The van der Waals surface area contributed by atoms with E-state index in [9.17, 15) is 0 Å². The Bertz CT molecular complexity index is 226. The third-order valence-electron chi connectivity index (χ3n) is 2.83. The first-order chi connectivity index (χ1) is 7.86. The highest BCUT2D eigenvalue weighted by Gasteiger charge is 2.17. The van der Waals surface area contributed by atoms with E-state index in [1.165, 1.54) is 32.1 Å². The van der Waals surface area contributed by atoms with Gasteiger partial charge in [0.2, 0.25) is 0 Å². The Morgan fingerprint density at radius 3 is 2.94 bits per heavy atom. The predicted molar refractivity (Wildman–Crippen MR) is 68.9 cm³/mol. The van der Waals surface area contributed by atoms with E-state index in [4.69, 9.17) is 9.47 Å². The molecule has 1 aliphatic heterocycles. The maximum Gasteiger partial charge on any atom is 0.330 e. The van der Waals surface area contributed by atoms with Crippen molar-refractivity contribution in [2.45, 2.75) is 64.3 Å². The van der Waals surface area contributed by atoms with Gasteiger partial charge in [0.1, 0.15) is 6.10 Å². The third-order valence-corrected chi connectivity index (χ3v) is 3.12. The van der Waals surface area contributed by atoms with Gasteiger partial charge in [-0.15, -0.1) is 0 Å². The minimum atomic E-state index is 0.00268. The normalized spacial score (nSPS) is 22.2. The first-order valence-corrected chi connectivity index (χ1v) is 7.56. The fourth-order valence-electron chi connectivity index (χ4n) is 1.92. The van der Waals surface area contributed by atoms with E-state index in [0.717, 1.165) is 35.7 Å². The summed E-state index contributed by atoms with van der Waals surface area (Å²) in [6.07, 6.45) is 8.33. The fraction of sp³-hybridized carbons (Fsp3) is 0.846. The van der Waals surface area contributed by atoms with E-state index in [-0.39, 0.29) is 12.4 Å². The minimum Gasteiger partial charge on any atom is -0.353 e. The predicted octanol–water partition coefficient (Wildman–Crippen LogP) is 2.07. The molecule has 2 atom stereocenters. The van der Waals surface area contributed by atoms with E-state index in [0.29, 0.717) is 0 Å². The molecule has 0 aromatic rings. The molecule has 1 aliphatic rings. The van der Waals surface area contributed by atoms with Gasteiger partial charge in [0.25, 0.3) is 0 Å². The van der Waals surface area contributed by atoms with Gasteiger partial charge in [-0.3, -0.25) is 0 Å². The van der Waals surface area contributed by atoms with E-state index in [1.54, 1.807) is 0 Å². The molecule has 0 bridgehead atoms. The fourth-order valence-corrected chi connectivity index (χ4v) is 2.24. The van der Waals surface area contributed by atoms with Crippen LogP contribution in [0.3, 0.4) is 0 Å². The maximum atomic E-state index is 5.90. The van der Waals surface area contributed by atoms with E-state index >= 15 is 0 Å². The van der Waals surface area contributed by atoms with Gasteiger partial charge in [-0.2, -0.15) is 0 Å². The topological polar surface area (TPSA) is 18.5 Å². The molecule has 1 fully saturated rings. The van der Waals surface area contributed by atoms with Crippen LogP contribution in [0.2, 0.25) is 0 Å². The molecule has 90 valence electrons. The summed E-state index contributed by atoms with van der Waals surface area (Å²) in [5.41, 5.74) is 0. The van der Waals surface area contributed by atoms with Gasteiger partial charge >= 0.3 is 16.3 Å². The van der Waals surface area contributed by atoms with Crippen molar-refractivity contribution in [2.24, 2.45) is 0 Å². The zero-order chi connectivity index (χ0) is 11.6. The Balaban J connectivity index is 2.27. The Morgan fingerprint density at radius 2 is 2.31 bits per heavy atom. The summed E-state index contributed by atoms with van der Waals surface area (Å²) in [6.45, 7) is 3.07. The zero-order valence-corrected chi connectivity index (χ0v) is 12.6. The van der Waals surface area contributed by atoms with Crippen molar-refractivity contribution in [3.63, 3.8) is 0 Å². The Hall–Kier alpha value is 0.0125. The molecule has 2 unspecified atom stereocenters. The van der Waals surface area contributed by atoms with Gasteiger partial charge in [-0.1, -0.05) is 25.7 Å². The number of hydrogen-bond donors (Lipinski definition) is 0. The number of ether oxygens (including phenoxy) is 2. The zero-order valence-electron chi connectivity index (χ0n) is 10.6. The molecular weight excluding hydrogens is 215 g/mol. The van der Waals surface area contributed by atoms with E-state index < -0.39 is 0 Å². The summed E-state index contributed by atoms with van der Waals surface area (Å²) < 4.78 is 11.5. The van der Waals surface area contributed by atoms with Crippen LogP contribution in [0, 0.1) is 10.7 Å². The largest absolute Gasteiger partial charge is 0.353 e. The van der Waals surface area contributed by atoms with Crippen LogP contribution in [0.15, 0.2) is 0 Å². The number of hydrogen-bond acceptors (Lipinski definition) is 2. The molecule has 0 aromatic carbocycles. The van der Waals surface area contributed by atoms with Crippen molar-refractivity contribution in [3.8, 4) is 10.7 Å². The van der Waals surface area contributed by atoms with Gasteiger partial charge in [0, 0.05) is 6.61 Å². The molecule has 0 saturated carbocycles. The molecule has 0 aromatic heterocycles. The first-order valence-electron chi connectivity index (χ1n) is 6.56. The van der Waals surface area contributed by atoms with Crippen LogP contribution in [0.5, 0.6) is 0 Å². The Kier molecular flexibility index (Phi) is 7.99. The molecule has 0 radical (unpaired) electrons.